The number of rotatable bonds is 1. The fraction of sp³-hybridized carbons (Fsp3) is 0.625. The summed E-state index contributed by atoms with van der Waals surface area (Å²) < 4.78 is 9.83. The third-order valence-corrected chi connectivity index (χ3v) is 2.27. The Morgan fingerprint density at radius 2 is 2.58 bits per heavy atom. The lowest BCUT2D eigenvalue weighted by atomic mass is 9.97. The van der Waals surface area contributed by atoms with Gasteiger partial charge in [-0.1, -0.05) is 0 Å². The van der Waals surface area contributed by atoms with Gasteiger partial charge in [-0.05, 0) is 6.08 Å². The van der Waals surface area contributed by atoms with Crippen LogP contribution in [0, 0.1) is 0 Å². The monoisotopic (exact) mass is 170 g/mol. The van der Waals surface area contributed by atoms with Crippen LogP contribution in [0.5, 0.6) is 0 Å². The largest absolute Gasteiger partial charge is 0.466 e. The van der Waals surface area contributed by atoms with Crippen molar-refractivity contribution >= 4 is 5.97 Å². The molecule has 2 bridgehead atoms. The van der Waals surface area contributed by atoms with Gasteiger partial charge in [0.2, 0.25) is 0 Å². The number of ether oxygens (including phenoxy) is 2. The third kappa shape index (κ3) is 0.956. The Balaban J connectivity index is 2.17. The second-order valence-corrected chi connectivity index (χ2v) is 3.01. The molecule has 66 valence electrons. The van der Waals surface area contributed by atoms with Gasteiger partial charge in [0, 0.05) is 6.42 Å². The van der Waals surface area contributed by atoms with E-state index in [0.717, 1.165) is 0 Å². The zero-order valence-corrected chi connectivity index (χ0v) is 6.69. The molecule has 2 aliphatic heterocycles. The molecule has 4 nitrogen and oxygen atoms in total. The van der Waals surface area contributed by atoms with Crippen LogP contribution in [-0.4, -0.2) is 36.5 Å². The van der Waals surface area contributed by atoms with E-state index in [4.69, 9.17) is 4.74 Å². The number of carbonyl (C=O) groups excluding carboxylic acids is 1. The van der Waals surface area contributed by atoms with Gasteiger partial charge >= 0.3 is 5.97 Å². The minimum Gasteiger partial charge on any atom is -0.466 e. The molecule has 0 amide bonds. The molecule has 0 aromatic rings. The van der Waals surface area contributed by atoms with Crippen molar-refractivity contribution in [2.45, 2.75) is 24.7 Å². The summed E-state index contributed by atoms with van der Waals surface area (Å²) in [4.78, 5) is 11.1. The SMILES string of the molecule is COC(=O)C1=C[C@@H]2O[C@H]1C[C@@H]2O. The van der Waals surface area contributed by atoms with Crippen LogP contribution in [0.1, 0.15) is 6.42 Å². The Bertz CT molecular complexity index is 245. The number of hydrogen-bond acceptors (Lipinski definition) is 4. The number of aliphatic hydroxyl groups is 1. The van der Waals surface area contributed by atoms with Crippen LogP contribution in [0.15, 0.2) is 11.6 Å². The number of aliphatic hydroxyl groups excluding tert-OH is 1. The standard InChI is InChI=1S/C8H10O4/c1-11-8(10)4-2-7-5(9)3-6(4)12-7/h2,5-7,9H,3H2,1H3/t5-,6-,7-/m0/s1. The Hall–Kier alpha value is -0.870. The van der Waals surface area contributed by atoms with Crippen molar-refractivity contribution in [1.29, 1.82) is 0 Å². The molecule has 0 saturated carbocycles. The molecular formula is C8H10O4. The summed E-state index contributed by atoms with van der Waals surface area (Å²) in [6.07, 6.45) is 1.14. The Kier molecular flexibility index (Phi) is 1.66. The molecule has 4 heteroatoms. The first kappa shape index (κ1) is 7.76. The number of carbonyl (C=O) groups is 1. The van der Waals surface area contributed by atoms with Crippen LogP contribution in [0.25, 0.3) is 0 Å². The summed E-state index contributed by atoms with van der Waals surface area (Å²) in [6.45, 7) is 0. The van der Waals surface area contributed by atoms with Crippen molar-refractivity contribution in [3.63, 3.8) is 0 Å². The van der Waals surface area contributed by atoms with Gasteiger partial charge in [-0.2, -0.15) is 0 Å². The highest BCUT2D eigenvalue weighted by molar-refractivity contribution is 5.90. The van der Waals surface area contributed by atoms with Crippen LogP contribution in [-0.2, 0) is 14.3 Å². The predicted molar refractivity (Wildman–Crippen MR) is 39.4 cm³/mol. The minimum absolute atomic E-state index is 0.252. The minimum atomic E-state index is -0.455. The Labute approximate surface area is 69.8 Å². The molecule has 0 unspecified atom stereocenters. The summed E-state index contributed by atoms with van der Waals surface area (Å²) in [5.74, 6) is -0.352. The summed E-state index contributed by atoms with van der Waals surface area (Å²) in [5, 5.41) is 9.27. The fourth-order valence-corrected chi connectivity index (χ4v) is 1.64. The highest BCUT2D eigenvalue weighted by Gasteiger charge is 2.43. The van der Waals surface area contributed by atoms with Crippen molar-refractivity contribution in [2.24, 2.45) is 0 Å². The van der Waals surface area contributed by atoms with E-state index in [2.05, 4.69) is 4.74 Å². The smallest absolute Gasteiger partial charge is 0.336 e. The van der Waals surface area contributed by atoms with Crippen molar-refractivity contribution in [3.05, 3.63) is 11.6 Å². The van der Waals surface area contributed by atoms with Gasteiger partial charge < -0.3 is 14.6 Å². The number of hydrogen-bond donors (Lipinski definition) is 1. The molecule has 2 aliphatic rings. The van der Waals surface area contributed by atoms with Crippen molar-refractivity contribution < 1.29 is 19.4 Å². The highest BCUT2D eigenvalue weighted by atomic mass is 16.5. The van der Waals surface area contributed by atoms with Crippen LogP contribution in [0.2, 0.25) is 0 Å². The van der Waals surface area contributed by atoms with Crippen LogP contribution >= 0.6 is 0 Å². The lowest BCUT2D eigenvalue weighted by Crippen LogP contribution is -2.22. The molecular weight excluding hydrogens is 160 g/mol. The summed E-state index contributed by atoms with van der Waals surface area (Å²) in [6, 6.07) is 0. The Morgan fingerprint density at radius 1 is 1.83 bits per heavy atom. The number of esters is 1. The normalized spacial score (nSPS) is 38.2. The molecule has 12 heavy (non-hydrogen) atoms. The maximum Gasteiger partial charge on any atom is 0.336 e. The lowest BCUT2D eigenvalue weighted by molar-refractivity contribution is -0.137. The molecule has 0 radical (unpaired) electrons. The molecule has 3 atom stereocenters. The third-order valence-electron chi connectivity index (χ3n) is 2.27. The summed E-state index contributed by atoms with van der Waals surface area (Å²) in [5.41, 5.74) is 0.549. The molecule has 1 N–H and O–H groups in total. The van der Waals surface area contributed by atoms with E-state index in [1.54, 1.807) is 6.08 Å². The maximum absolute atomic E-state index is 11.1. The van der Waals surface area contributed by atoms with E-state index in [0.29, 0.717) is 12.0 Å². The maximum atomic E-state index is 11.1. The predicted octanol–water partition coefficient (Wildman–Crippen LogP) is -0.382. The Morgan fingerprint density at radius 3 is 3.00 bits per heavy atom. The fourth-order valence-electron chi connectivity index (χ4n) is 1.64. The zero-order chi connectivity index (χ0) is 8.72. The van der Waals surface area contributed by atoms with Crippen molar-refractivity contribution in [3.8, 4) is 0 Å². The van der Waals surface area contributed by atoms with E-state index in [-0.39, 0.29) is 18.2 Å². The second-order valence-electron chi connectivity index (χ2n) is 3.01. The first-order valence-electron chi connectivity index (χ1n) is 3.86. The average molecular weight is 170 g/mol. The van der Waals surface area contributed by atoms with Gasteiger partial charge in [-0.25, -0.2) is 4.79 Å². The molecule has 0 spiro atoms. The molecule has 0 aromatic heterocycles. The quantitative estimate of drug-likeness (QED) is 0.545. The van der Waals surface area contributed by atoms with Crippen molar-refractivity contribution in [1.82, 2.24) is 0 Å². The van der Waals surface area contributed by atoms with Gasteiger partial charge in [-0.15, -0.1) is 0 Å². The molecule has 2 rings (SSSR count). The highest BCUT2D eigenvalue weighted by Crippen LogP contribution is 2.34. The number of methoxy groups -OCH3 is 1. The van der Waals surface area contributed by atoms with Gasteiger partial charge in [0.05, 0.1) is 24.9 Å². The topological polar surface area (TPSA) is 55.8 Å². The summed E-state index contributed by atoms with van der Waals surface area (Å²) >= 11 is 0. The van der Waals surface area contributed by atoms with Gasteiger partial charge in [0.15, 0.2) is 0 Å². The van der Waals surface area contributed by atoms with E-state index in [1.165, 1.54) is 7.11 Å². The van der Waals surface area contributed by atoms with Gasteiger partial charge in [0.1, 0.15) is 6.10 Å². The number of fused-ring (bicyclic) bond motifs is 2. The molecule has 0 aromatic carbocycles. The van der Waals surface area contributed by atoms with Crippen LogP contribution < -0.4 is 0 Å². The van der Waals surface area contributed by atoms with E-state index >= 15 is 0 Å². The molecule has 0 aliphatic carbocycles. The van der Waals surface area contributed by atoms with Crippen LogP contribution in [0.4, 0.5) is 0 Å². The van der Waals surface area contributed by atoms with E-state index in [9.17, 15) is 9.90 Å². The summed E-state index contributed by atoms with van der Waals surface area (Å²) in [7, 11) is 1.34. The molecule has 1 saturated heterocycles. The second kappa shape index (κ2) is 2.57. The van der Waals surface area contributed by atoms with Crippen LogP contribution in [0.3, 0.4) is 0 Å². The van der Waals surface area contributed by atoms with Gasteiger partial charge in [0.25, 0.3) is 0 Å². The average Bonchev–Trinajstić information content (AvgIpc) is 2.60. The first-order chi connectivity index (χ1) is 5.72. The molecule has 2 heterocycles. The lowest BCUT2D eigenvalue weighted by Gasteiger charge is -2.10. The van der Waals surface area contributed by atoms with Crippen molar-refractivity contribution in [2.75, 3.05) is 7.11 Å². The van der Waals surface area contributed by atoms with E-state index < -0.39 is 6.10 Å². The van der Waals surface area contributed by atoms with E-state index in [1.807, 2.05) is 0 Å². The first-order valence-corrected chi connectivity index (χ1v) is 3.86. The molecule has 1 fully saturated rings. The van der Waals surface area contributed by atoms with Gasteiger partial charge in [-0.3, -0.25) is 0 Å². The zero-order valence-electron chi connectivity index (χ0n) is 6.69.